The molecule has 0 atom stereocenters. The quantitative estimate of drug-likeness (QED) is 0.659. The molecule has 0 saturated carbocycles. The molecule has 6 heteroatoms. The number of nitrogens with zero attached hydrogens (tertiary/aromatic N) is 3. The third-order valence-electron chi connectivity index (χ3n) is 5.08. The van der Waals surface area contributed by atoms with Gasteiger partial charge >= 0.3 is 5.97 Å². The molecule has 1 aliphatic rings. The van der Waals surface area contributed by atoms with Crippen molar-refractivity contribution < 1.29 is 14.6 Å². The van der Waals surface area contributed by atoms with Gasteiger partial charge < -0.3 is 19.6 Å². The second-order valence-corrected chi connectivity index (χ2v) is 7.08. The van der Waals surface area contributed by atoms with E-state index in [1.165, 1.54) is 24.9 Å². The van der Waals surface area contributed by atoms with Crippen LogP contribution in [0.2, 0.25) is 0 Å². The largest absolute Gasteiger partial charge is 0.494 e. The number of carboxylic acids is 1. The van der Waals surface area contributed by atoms with Gasteiger partial charge in [0, 0.05) is 31.9 Å². The van der Waals surface area contributed by atoms with Crippen LogP contribution in [0.4, 0.5) is 11.4 Å². The molecule has 0 spiro atoms. The molecule has 1 aromatic carbocycles. The smallest absolute Gasteiger partial charge is 0.354 e. The molecule has 2 heterocycles. The van der Waals surface area contributed by atoms with Gasteiger partial charge in [-0.25, -0.2) is 9.78 Å². The van der Waals surface area contributed by atoms with Crippen LogP contribution >= 0.6 is 0 Å². The first-order valence-electron chi connectivity index (χ1n) is 10.1. The second kappa shape index (κ2) is 9.97. The predicted molar refractivity (Wildman–Crippen MR) is 112 cm³/mol. The van der Waals surface area contributed by atoms with E-state index in [0.29, 0.717) is 0 Å². The summed E-state index contributed by atoms with van der Waals surface area (Å²) >= 11 is 0. The van der Waals surface area contributed by atoms with E-state index in [1.807, 2.05) is 6.07 Å². The van der Waals surface area contributed by atoms with Crippen molar-refractivity contribution >= 4 is 17.3 Å². The molecule has 150 valence electrons. The monoisotopic (exact) mass is 383 g/mol. The van der Waals surface area contributed by atoms with E-state index in [4.69, 9.17) is 9.84 Å². The highest BCUT2D eigenvalue weighted by Crippen LogP contribution is 2.23. The number of pyridine rings is 1. The first kappa shape index (κ1) is 20.0. The standard InChI is InChI=1S/C22H29N3O3/c1-2-3-4-5-16-28-20-9-6-18(7-10-20)24-12-14-25(15-13-24)19-8-11-21(22(26)27)23-17-19/h6-11,17H,2-5,12-16H2,1H3,(H,26,27). The first-order chi connectivity index (χ1) is 13.7. The van der Waals surface area contributed by atoms with Gasteiger partial charge in [0.25, 0.3) is 0 Å². The highest BCUT2D eigenvalue weighted by atomic mass is 16.5. The van der Waals surface area contributed by atoms with Crippen LogP contribution in [-0.2, 0) is 0 Å². The van der Waals surface area contributed by atoms with Crippen molar-refractivity contribution in [1.82, 2.24) is 4.98 Å². The minimum absolute atomic E-state index is 0.0788. The topological polar surface area (TPSA) is 65.9 Å². The Morgan fingerprint density at radius 1 is 0.964 bits per heavy atom. The van der Waals surface area contributed by atoms with Gasteiger partial charge in [-0.15, -0.1) is 0 Å². The highest BCUT2D eigenvalue weighted by molar-refractivity contribution is 5.85. The number of rotatable bonds is 9. The van der Waals surface area contributed by atoms with Crippen molar-refractivity contribution in [3.8, 4) is 5.75 Å². The number of aromatic carboxylic acids is 1. The molecule has 1 aromatic heterocycles. The summed E-state index contributed by atoms with van der Waals surface area (Å²) in [5, 5.41) is 8.96. The fraction of sp³-hybridized carbons (Fsp3) is 0.455. The summed E-state index contributed by atoms with van der Waals surface area (Å²) in [4.78, 5) is 19.5. The number of benzene rings is 1. The average molecular weight is 383 g/mol. The Kier molecular flexibility index (Phi) is 7.12. The van der Waals surface area contributed by atoms with Crippen molar-refractivity contribution in [3.63, 3.8) is 0 Å². The number of carboxylic acid groups (broad SMARTS) is 1. The Morgan fingerprint density at radius 2 is 1.61 bits per heavy atom. The molecule has 6 nitrogen and oxygen atoms in total. The fourth-order valence-electron chi connectivity index (χ4n) is 3.39. The SMILES string of the molecule is CCCCCCOc1ccc(N2CCN(c3ccc(C(=O)O)nc3)CC2)cc1. The summed E-state index contributed by atoms with van der Waals surface area (Å²) < 4.78 is 5.82. The van der Waals surface area contributed by atoms with E-state index in [-0.39, 0.29) is 5.69 Å². The van der Waals surface area contributed by atoms with Gasteiger partial charge in [-0.05, 0) is 42.8 Å². The predicted octanol–water partition coefficient (Wildman–Crippen LogP) is 4.07. The van der Waals surface area contributed by atoms with Crippen molar-refractivity contribution in [2.75, 3.05) is 42.6 Å². The molecule has 1 fully saturated rings. The minimum atomic E-state index is -0.996. The van der Waals surface area contributed by atoms with Gasteiger partial charge in [-0.3, -0.25) is 0 Å². The number of carbonyl (C=O) groups is 1. The van der Waals surface area contributed by atoms with E-state index in [1.54, 1.807) is 12.3 Å². The number of hydrogen-bond acceptors (Lipinski definition) is 5. The lowest BCUT2D eigenvalue weighted by atomic mass is 10.2. The Bertz CT molecular complexity index is 739. The zero-order valence-electron chi connectivity index (χ0n) is 16.5. The van der Waals surface area contributed by atoms with Crippen LogP contribution in [0.1, 0.15) is 43.1 Å². The molecule has 3 rings (SSSR count). The van der Waals surface area contributed by atoms with Crippen LogP contribution in [-0.4, -0.2) is 48.8 Å². The van der Waals surface area contributed by atoms with Crippen molar-refractivity contribution in [1.29, 1.82) is 0 Å². The molecule has 1 saturated heterocycles. The summed E-state index contributed by atoms with van der Waals surface area (Å²) in [6, 6.07) is 11.7. The summed E-state index contributed by atoms with van der Waals surface area (Å²) in [6.45, 7) is 6.58. The van der Waals surface area contributed by atoms with Crippen molar-refractivity contribution in [2.45, 2.75) is 32.6 Å². The van der Waals surface area contributed by atoms with Gasteiger partial charge in [0.15, 0.2) is 0 Å². The van der Waals surface area contributed by atoms with Gasteiger partial charge in [-0.1, -0.05) is 26.2 Å². The zero-order chi connectivity index (χ0) is 19.8. The molecule has 0 bridgehead atoms. The molecule has 1 N–H and O–H groups in total. The first-order valence-corrected chi connectivity index (χ1v) is 10.1. The van der Waals surface area contributed by atoms with Crippen LogP contribution in [0.15, 0.2) is 42.6 Å². The van der Waals surface area contributed by atoms with E-state index >= 15 is 0 Å². The van der Waals surface area contributed by atoms with E-state index in [0.717, 1.165) is 50.6 Å². The Morgan fingerprint density at radius 3 is 2.18 bits per heavy atom. The number of anilines is 2. The third-order valence-corrected chi connectivity index (χ3v) is 5.08. The van der Waals surface area contributed by atoms with Crippen LogP contribution in [0.5, 0.6) is 5.75 Å². The molecule has 2 aromatic rings. The Labute approximate surface area is 166 Å². The molecule has 28 heavy (non-hydrogen) atoms. The van der Waals surface area contributed by atoms with Crippen LogP contribution in [0.25, 0.3) is 0 Å². The summed E-state index contributed by atoms with van der Waals surface area (Å²) in [7, 11) is 0. The lowest BCUT2D eigenvalue weighted by Crippen LogP contribution is -2.46. The van der Waals surface area contributed by atoms with Gasteiger partial charge in [0.2, 0.25) is 0 Å². The van der Waals surface area contributed by atoms with Crippen LogP contribution in [0, 0.1) is 0 Å². The molecular formula is C22H29N3O3. The molecule has 0 radical (unpaired) electrons. The number of aromatic nitrogens is 1. The van der Waals surface area contributed by atoms with Crippen molar-refractivity contribution in [2.24, 2.45) is 0 Å². The molecular weight excluding hydrogens is 354 g/mol. The van der Waals surface area contributed by atoms with Crippen molar-refractivity contribution in [3.05, 3.63) is 48.3 Å². The van der Waals surface area contributed by atoms with Gasteiger partial charge in [-0.2, -0.15) is 0 Å². The number of piperazine rings is 1. The summed E-state index contributed by atoms with van der Waals surface area (Å²) in [5.41, 5.74) is 2.25. The van der Waals surface area contributed by atoms with Gasteiger partial charge in [0.1, 0.15) is 11.4 Å². The van der Waals surface area contributed by atoms with E-state index in [9.17, 15) is 4.79 Å². The number of ether oxygens (including phenoxy) is 1. The Balaban J connectivity index is 1.47. The average Bonchev–Trinajstić information content (AvgIpc) is 2.74. The normalized spacial score (nSPS) is 14.2. The zero-order valence-corrected chi connectivity index (χ0v) is 16.5. The molecule has 0 amide bonds. The number of hydrogen-bond donors (Lipinski definition) is 1. The number of unbranched alkanes of at least 4 members (excludes halogenated alkanes) is 3. The van der Waals surface area contributed by atoms with Crippen LogP contribution < -0.4 is 14.5 Å². The highest BCUT2D eigenvalue weighted by Gasteiger charge is 2.18. The van der Waals surface area contributed by atoms with E-state index < -0.39 is 5.97 Å². The molecule has 0 unspecified atom stereocenters. The summed E-state index contributed by atoms with van der Waals surface area (Å²) in [6.07, 6.45) is 6.50. The van der Waals surface area contributed by atoms with Gasteiger partial charge in [0.05, 0.1) is 18.5 Å². The maximum absolute atomic E-state index is 10.9. The fourth-order valence-corrected chi connectivity index (χ4v) is 3.39. The maximum atomic E-state index is 10.9. The summed E-state index contributed by atoms with van der Waals surface area (Å²) in [5.74, 6) is -0.0618. The Hall–Kier alpha value is -2.76. The lowest BCUT2D eigenvalue weighted by molar-refractivity contribution is 0.0690. The maximum Gasteiger partial charge on any atom is 0.354 e. The van der Waals surface area contributed by atoms with E-state index in [2.05, 4.69) is 46.0 Å². The lowest BCUT2D eigenvalue weighted by Gasteiger charge is -2.37. The molecule has 1 aliphatic heterocycles. The molecule has 0 aliphatic carbocycles. The van der Waals surface area contributed by atoms with Crippen LogP contribution in [0.3, 0.4) is 0 Å². The second-order valence-electron chi connectivity index (χ2n) is 7.08. The minimum Gasteiger partial charge on any atom is -0.494 e. The third kappa shape index (κ3) is 5.38.